The molecule has 3 rings (SSSR count). The number of amides is 1. The summed E-state index contributed by atoms with van der Waals surface area (Å²) in [6.07, 6.45) is 3.55. The monoisotopic (exact) mass is 257 g/mol. The number of pyridine rings is 2. The molecule has 19 heavy (non-hydrogen) atoms. The maximum atomic E-state index is 11.3. The first-order valence-corrected chi connectivity index (χ1v) is 6.26. The lowest BCUT2D eigenvalue weighted by atomic mass is 10.2. The number of piperazine rings is 1. The van der Waals surface area contributed by atoms with Crippen molar-refractivity contribution in [3.8, 4) is 0 Å². The van der Waals surface area contributed by atoms with Gasteiger partial charge in [0.15, 0.2) is 0 Å². The maximum Gasteiger partial charge on any atom is 0.267 e. The van der Waals surface area contributed by atoms with Crippen LogP contribution in [0.2, 0.25) is 0 Å². The first-order chi connectivity index (χ1) is 9.25. The quantitative estimate of drug-likeness (QED) is 0.799. The average Bonchev–Trinajstić information content (AvgIpc) is 2.47. The highest BCUT2D eigenvalue weighted by atomic mass is 16.1. The van der Waals surface area contributed by atoms with Gasteiger partial charge in [0.25, 0.3) is 5.91 Å². The number of aromatic nitrogens is 2. The van der Waals surface area contributed by atoms with E-state index in [1.54, 1.807) is 18.5 Å². The Hall–Kier alpha value is -2.21. The number of hydrogen-bond donors (Lipinski definition) is 2. The van der Waals surface area contributed by atoms with Gasteiger partial charge in [-0.25, -0.2) is 4.98 Å². The van der Waals surface area contributed by atoms with Crippen molar-refractivity contribution in [1.82, 2.24) is 15.3 Å². The van der Waals surface area contributed by atoms with E-state index >= 15 is 0 Å². The number of rotatable bonds is 2. The number of nitrogens with one attached hydrogen (secondary N) is 1. The third-order valence-electron chi connectivity index (χ3n) is 3.29. The summed E-state index contributed by atoms with van der Waals surface area (Å²) < 4.78 is 0. The van der Waals surface area contributed by atoms with Gasteiger partial charge in [-0.05, 0) is 12.1 Å². The molecule has 3 N–H and O–H groups in total. The van der Waals surface area contributed by atoms with Crippen LogP contribution in [0.3, 0.4) is 0 Å². The molecule has 3 heterocycles. The molecule has 0 unspecified atom stereocenters. The van der Waals surface area contributed by atoms with E-state index in [9.17, 15) is 4.79 Å². The molecule has 1 aliphatic rings. The van der Waals surface area contributed by atoms with Gasteiger partial charge >= 0.3 is 0 Å². The molecule has 2 aromatic rings. The standard InChI is InChI=1S/C13H15N5O/c14-13(19)10-2-1-9-7-16-8-11(12(9)17-10)18-5-3-15-4-6-18/h1-2,7-8,15H,3-6H2,(H2,14,19). The van der Waals surface area contributed by atoms with Gasteiger partial charge in [0, 0.05) is 37.8 Å². The van der Waals surface area contributed by atoms with E-state index < -0.39 is 5.91 Å². The molecule has 1 fully saturated rings. The Balaban J connectivity index is 2.11. The molecular weight excluding hydrogens is 242 g/mol. The SMILES string of the molecule is NC(=O)c1ccc2cncc(N3CCNCC3)c2n1. The molecule has 1 saturated heterocycles. The molecule has 0 aromatic carbocycles. The van der Waals surface area contributed by atoms with Crippen molar-refractivity contribution in [2.75, 3.05) is 31.1 Å². The molecule has 1 aliphatic heterocycles. The van der Waals surface area contributed by atoms with E-state index in [0.29, 0.717) is 0 Å². The first-order valence-electron chi connectivity index (χ1n) is 6.26. The highest BCUT2D eigenvalue weighted by molar-refractivity contribution is 5.96. The Morgan fingerprint density at radius 1 is 1.26 bits per heavy atom. The van der Waals surface area contributed by atoms with E-state index in [-0.39, 0.29) is 5.69 Å². The molecule has 98 valence electrons. The van der Waals surface area contributed by atoms with Gasteiger partial charge in [-0.1, -0.05) is 0 Å². The van der Waals surface area contributed by atoms with Gasteiger partial charge in [-0.15, -0.1) is 0 Å². The maximum absolute atomic E-state index is 11.3. The van der Waals surface area contributed by atoms with Crippen LogP contribution in [-0.2, 0) is 0 Å². The van der Waals surface area contributed by atoms with E-state index in [4.69, 9.17) is 5.73 Å². The number of nitrogens with two attached hydrogens (primary N) is 1. The number of carbonyl (C=O) groups excluding carboxylic acids is 1. The summed E-state index contributed by atoms with van der Waals surface area (Å²) >= 11 is 0. The van der Waals surface area contributed by atoms with Crippen molar-refractivity contribution >= 4 is 22.5 Å². The molecule has 0 spiro atoms. The molecular formula is C13H15N5O. The third kappa shape index (κ3) is 2.22. The van der Waals surface area contributed by atoms with Crippen LogP contribution in [-0.4, -0.2) is 42.1 Å². The van der Waals surface area contributed by atoms with Crippen LogP contribution < -0.4 is 16.0 Å². The number of fused-ring (bicyclic) bond motifs is 1. The smallest absolute Gasteiger partial charge is 0.267 e. The minimum absolute atomic E-state index is 0.287. The fraction of sp³-hybridized carbons (Fsp3) is 0.308. The second kappa shape index (κ2) is 4.81. The highest BCUT2D eigenvalue weighted by Crippen LogP contribution is 2.24. The Kier molecular flexibility index (Phi) is 3.00. The van der Waals surface area contributed by atoms with Crippen molar-refractivity contribution in [2.24, 2.45) is 5.73 Å². The average molecular weight is 257 g/mol. The van der Waals surface area contributed by atoms with Crippen LogP contribution in [0.15, 0.2) is 24.5 Å². The fourth-order valence-electron chi connectivity index (χ4n) is 2.30. The zero-order valence-electron chi connectivity index (χ0n) is 10.5. The summed E-state index contributed by atoms with van der Waals surface area (Å²) in [4.78, 5) is 22.1. The second-order valence-corrected chi connectivity index (χ2v) is 4.53. The van der Waals surface area contributed by atoms with Crippen LogP contribution in [0.5, 0.6) is 0 Å². The second-order valence-electron chi connectivity index (χ2n) is 4.53. The van der Waals surface area contributed by atoms with Crippen LogP contribution in [0, 0.1) is 0 Å². The molecule has 6 nitrogen and oxygen atoms in total. The van der Waals surface area contributed by atoms with Gasteiger partial charge in [0.1, 0.15) is 5.69 Å². The molecule has 2 aromatic heterocycles. The van der Waals surface area contributed by atoms with E-state index in [2.05, 4.69) is 20.2 Å². The number of nitrogens with zero attached hydrogens (tertiary/aromatic N) is 3. The molecule has 6 heteroatoms. The molecule has 0 atom stereocenters. The van der Waals surface area contributed by atoms with Crippen molar-refractivity contribution in [1.29, 1.82) is 0 Å². The van der Waals surface area contributed by atoms with Crippen molar-refractivity contribution in [2.45, 2.75) is 0 Å². The summed E-state index contributed by atoms with van der Waals surface area (Å²) in [5, 5.41) is 4.22. The van der Waals surface area contributed by atoms with Gasteiger partial charge in [0.2, 0.25) is 0 Å². The molecule has 0 saturated carbocycles. The number of anilines is 1. The Morgan fingerprint density at radius 3 is 2.79 bits per heavy atom. The van der Waals surface area contributed by atoms with E-state index in [1.165, 1.54) is 0 Å². The van der Waals surface area contributed by atoms with Crippen molar-refractivity contribution in [3.05, 3.63) is 30.2 Å². The highest BCUT2D eigenvalue weighted by Gasteiger charge is 2.15. The van der Waals surface area contributed by atoms with Crippen LogP contribution >= 0.6 is 0 Å². The summed E-state index contributed by atoms with van der Waals surface area (Å²) in [5.74, 6) is -0.509. The van der Waals surface area contributed by atoms with Crippen molar-refractivity contribution in [3.63, 3.8) is 0 Å². The van der Waals surface area contributed by atoms with Gasteiger partial charge in [0.05, 0.1) is 17.4 Å². The lowest BCUT2D eigenvalue weighted by Crippen LogP contribution is -2.43. The summed E-state index contributed by atoms with van der Waals surface area (Å²) in [6.45, 7) is 3.68. The molecule has 0 bridgehead atoms. The summed E-state index contributed by atoms with van der Waals surface area (Å²) in [5.41, 5.74) is 7.33. The minimum Gasteiger partial charge on any atom is -0.366 e. The van der Waals surface area contributed by atoms with Crippen molar-refractivity contribution < 1.29 is 4.79 Å². The topological polar surface area (TPSA) is 84.1 Å². The lowest BCUT2D eigenvalue weighted by Gasteiger charge is -2.29. The largest absolute Gasteiger partial charge is 0.366 e. The number of primary amides is 1. The normalized spacial score (nSPS) is 15.7. The zero-order valence-corrected chi connectivity index (χ0v) is 10.5. The Labute approximate surface area is 110 Å². The van der Waals surface area contributed by atoms with E-state index in [1.807, 2.05) is 6.07 Å². The van der Waals surface area contributed by atoms with E-state index in [0.717, 1.165) is 42.8 Å². The third-order valence-corrected chi connectivity index (χ3v) is 3.29. The van der Waals surface area contributed by atoms with Crippen LogP contribution in [0.1, 0.15) is 10.5 Å². The zero-order chi connectivity index (χ0) is 13.2. The predicted octanol–water partition coefficient (Wildman–Crippen LogP) is 0.138. The first kappa shape index (κ1) is 11.9. The molecule has 0 radical (unpaired) electrons. The summed E-state index contributed by atoms with van der Waals surface area (Å²) in [6, 6.07) is 3.47. The number of carbonyl (C=O) groups is 1. The molecule has 0 aliphatic carbocycles. The van der Waals surface area contributed by atoms with Gasteiger partial charge in [-0.3, -0.25) is 9.78 Å². The Bertz CT molecular complexity index is 621. The predicted molar refractivity (Wildman–Crippen MR) is 73.1 cm³/mol. The van der Waals surface area contributed by atoms with Crippen LogP contribution in [0.25, 0.3) is 10.9 Å². The Morgan fingerprint density at radius 2 is 2.05 bits per heavy atom. The van der Waals surface area contributed by atoms with Gasteiger partial charge < -0.3 is 16.0 Å². The fourth-order valence-corrected chi connectivity index (χ4v) is 2.30. The number of hydrogen-bond acceptors (Lipinski definition) is 5. The van der Waals surface area contributed by atoms with Crippen LogP contribution in [0.4, 0.5) is 5.69 Å². The molecule has 1 amide bonds. The summed E-state index contributed by atoms with van der Waals surface area (Å²) in [7, 11) is 0. The van der Waals surface area contributed by atoms with Gasteiger partial charge in [-0.2, -0.15) is 0 Å². The minimum atomic E-state index is -0.509. The lowest BCUT2D eigenvalue weighted by molar-refractivity contribution is 0.0996.